The molecule has 2 aromatic carbocycles. The van der Waals surface area contributed by atoms with Gasteiger partial charge in [-0.05, 0) is 49.2 Å². The highest BCUT2D eigenvalue weighted by molar-refractivity contribution is 5.73. The Labute approximate surface area is 167 Å². The molecule has 0 N–H and O–H groups in total. The van der Waals surface area contributed by atoms with E-state index in [9.17, 15) is 4.79 Å². The lowest BCUT2D eigenvalue weighted by atomic mass is 10.1. The molecular weight excluding hydrogens is 354 g/mol. The average Bonchev–Trinajstić information content (AvgIpc) is 2.74. The molecule has 5 nitrogen and oxygen atoms in total. The van der Waals surface area contributed by atoms with Gasteiger partial charge in [0.2, 0.25) is 0 Å². The SMILES string of the molecule is COc1ccc(CC(=O)O[C@H](CN2CCCCC2)c2ccccc2)cc1OC. The molecule has 1 heterocycles. The van der Waals surface area contributed by atoms with Crippen molar-refractivity contribution in [3.05, 3.63) is 59.7 Å². The Morgan fingerprint density at radius 1 is 0.964 bits per heavy atom. The van der Waals surface area contributed by atoms with Crippen LogP contribution in [0.5, 0.6) is 11.5 Å². The van der Waals surface area contributed by atoms with Gasteiger partial charge < -0.3 is 14.2 Å². The second-order valence-electron chi connectivity index (χ2n) is 7.12. The van der Waals surface area contributed by atoms with Gasteiger partial charge in [-0.15, -0.1) is 0 Å². The van der Waals surface area contributed by atoms with Crippen molar-refractivity contribution in [1.29, 1.82) is 0 Å². The molecule has 0 spiro atoms. The van der Waals surface area contributed by atoms with Crippen molar-refractivity contribution >= 4 is 5.97 Å². The third-order valence-corrected chi connectivity index (χ3v) is 5.11. The molecule has 150 valence electrons. The van der Waals surface area contributed by atoms with E-state index in [1.165, 1.54) is 19.3 Å². The van der Waals surface area contributed by atoms with Gasteiger partial charge in [-0.3, -0.25) is 9.69 Å². The first-order chi connectivity index (χ1) is 13.7. The third-order valence-electron chi connectivity index (χ3n) is 5.11. The molecular formula is C23H29NO4. The van der Waals surface area contributed by atoms with Crippen LogP contribution in [0.15, 0.2) is 48.5 Å². The molecule has 0 amide bonds. The number of esters is 1. The number of benzene rings is 2. The second kappa shape index (κ2) is 10.1. The van der Waals surface area contributed by atoms with Crippen molar-refractivity contribution in [2.45, 2.75) is 31.8 Å². The fourth-order valence-electron chi connectivity index (χ4n) is 3.61. The monoisotopic (exact) mass is 383 g/mol. The number of hydrogen-bond donors (Lipinski definition) is 0. The molecule has 1 atom stereocenters. The average molecular weight is 383 g/mol. The van der Waals surface area contributed by atoms with Crippen molar-refractivity contribution in [3.63, 3.8) is 0 Å². The van der Waals surface area contributed by atoms with Crippen LogP contribution < -0.4 is 9.47 Å². The Balaban J connectivity index is 1.68. The Morgan fingerprint density at radius 3 is 2.36 bits per heavy atom. The van der Waals surface area contributed by atoms with E-state index in [1.54, 1.807) is 14.2 Å². The van der Waals surface area contributed by atoms with E-state index in [2.05, 4.69) is 4.90 Å². The molecule has 5 heteroatoms. The predicted octanol–water partition coefficient (Wildman–Crippen LogP) is 4.02. The number of carbonyl (C=O) groups excluding carboxylic acids is 1. The first-order valence-corrected chi connectivity index (χ1v) is 9.87. The number of methoxy groups -OCH3 is 2. The van der Waals surface area contributed by atoms with E-state index in [1.807, 2.05) is 48.5 Å². The Morgan fingerprint density at radius 2 is 1.68 bits per heavy atom. The molecule has 0 aromatic heterocycles. The van der Waals surface area contributed by atoms with Crippen LogP contribution in [0.25, 0.3) is 0 Å². The summed E-state index contributed by atoms with van der Waals surface area (Å²) in [5.74, 6) is 1.02. The lowest BCUT2D eigenvalue weighted by molar-refractivity contribution is -0.149. The van der Waals surface area contributed by atoms with Crippen LogP contribution in [0, 0.1) is 0 Å². The van der Waals surface area contributed by atoms with Crippen molar-refractivity contribution in [3.8, 4) is 11.5 Å². The van der Waals surface area contributed by atoms with Gasteiger partial charge in [0.25, 0.3) is 0 Å². The van der Waals surface area contributed by atoms with Gasteiger partial charge in [0, 0.05) is 6.54 Å². The van der Waals surface area contributed by atoms with Gasteiger partial charge in [-0.1, -0.05) is 42.8 Å². The summed E-state index contributed by atoms with van der Waals surface area (Å²) in [5, 5.41) is 0. The summed E-state index contributed by atoms with van der Waals surface area (Å²) in [7, 11) is 3.18. The number of ether oxygens (including phenoxy) is 3. The van der Waals surface area contributed by atoms with E-state index in [4.69, 9.17) is 14.2 Å². The second-order valence-corrected chi connectivity index (χ2v) is 7.12. The fourth-order valence-corrected chi connectivity index (χ4v) is 3.61. The summed E-state index contributed by atoms with van der Waals surface area (Å²) in [6.45, 7) is 2.87. The quantitative estimate of drug-likeness (QED) is 0.645. The predicted molar refractivity (Wildman–Crippen MR) is 109 cm³/mol. The lowest BCUT2D eigenvalue weighted by Gasteiger charge is -2.30. The first-order valence-electron chi connectivity index (χ1n) is 9.87. The number of hydrogen-bond acceptors (Lipinski definition) is 5. The number of nitrogens with zero attached hydrogens (tertiary/aromatic N) is 1. The molecule has 1 aliphatic rings. The van der Waals surface area contributed by atoms with Crippen LogP contribution in [0.1, 0.15) is 36.5 Å². The molecule has 1 saturated heterocycles. The number of carbonyl (C=O) groups is 1. The van der Waals surface area contributed by atoms with Crippen LogP contribution in [-0.4, -0.2) is 44.7 Å². The number of rotatable bonds is 8. The van der Waals surface area contributed by atoms with Gasteiger partial charge in [0.1, 0.15) is 6.10 Å². The third kappa shape index (κ3) is 5.49. The van der Waals surface area contributed by atoms with E-state index < -0.39 is 0 Å². The molecule has 0 unspecified atom stereocenters. The maximum Gasteiger partial charge on any atom is 0.310 e. The van der Waals surface area contributed by atoms with Gasteiger partial charge in [0.05, 0.1) is 20.6 Å². The standard InChI is InChI=1S/C23H29NO4/c1-26-20-12-11-18(15-21(20)27-2)16-23(25)28-22(19-9-5-3-6-10-19)17-24-13-7-4-8-14-24/h3,5-6,9-12,15,22H,4,7-8,13-14,16-17H2,1-2H3/t22-/m1/s1. The van der Waals surface area contributed by atoms with Crippen molar-refractivity contribution < 1.29 is 19.0 Å². The highest BCUT2D eigenvalue weighted by Crippen LogP contribution is 2.28. The largest absolute Gasteiger partial charge is 0.493 e. The smallest absolute Gasteiger partial charge is 0.310 e. The Hall–Kier alpha value is -2.53. The zero-order valence-corrected chi connectivity index (χ0v) is 16.7. The maximum atomic E-state index is 12.7. The highest BCUT2D eigenvalue weighted by Gasteiger charge is 2.22. The molecule has 1 fully saturated rings. The molecule has 28 heavy (non-hydrogen) atoms. The van der Waals surface area contributed by atoms with Gasteiger partial charge >= 0.3 is 5.97 Å². The van der Waals surface area contributed by atoms with Gasteiger partial charge in [-0.2, -0.15) is 0 Å². The number of piperidine rings is 1. The van der Waals surface area contributed by atoms with E-state index >= 15 is 0 Å². The topological polar surface area (TPSA) is 48.0 Å². The Kier molecular flexibility index (Phi) is 7.31. The minimum atomic E-state index is -0.257. The molecule has 3 rings (SSSR count). The molecule has 2 aromatic rings. The van der Waals surface area contributed by atoms with E-state index in [0.29, 0.717) is 11.5 Å². The fraction of sp³-hybridized carbons (Fsp3) is 0.435. The summed E-state index contributed by atoms with van der Waals surface area (Å²) >= 11 is 0. The van der Waals surface area contributed by atoms with Gasteiger partial charge in [-0.25, -0.2) is 0 Å². The van der Waals surface area contributed by atoms with Crippen LogP contribution >= 0.6 is 0 Å². The minimum Gasteiger partial charge on any atom is -0.493 e. The van der Waals surface area contributed by atoms with Crippen LogP contribution in [0.3, 0.4) is 0 Å². The summed E-state index contributed by atoms with van der Waals surface area (Å²) in [5.41, 5.74) is 1.88. The zero-order chi connectivity index (χ0) is 19.8. The molecule has 0 saturated carbocycles. The van der Waals surface area contributed by atoms with Crippen molar-refractivity contribution in [1.82, 2.24) is 4.90 Å². The maximum absolute atomic E-state index is 12.7. The summed E-state index contributed by atoms with van der Waals surface area (Å²) in [4.78, 5) is 15.1. The molecule has 0 bridgehead atoms. The number of likely N-dealkylation sites (tertiary alicyclic amines) is 1. The van der Waals surface area contributed by atoms with E-state index in [0.717, 1.165) is 30.8 Å². The summed E-state index contributed by atoms with van der Waals surface area (Å²) in [6, 6.07) is 15.5. The van der Waals surface area contributed by atoms with Crippen molar-refractivity contribution in [2.24, 2.45) is 0 Å². The van der Waals surface area contributed by atoms with E-state index in [-0.39, 0.29) is 18.5 Å². The first kappa shape index (κ1) is 20.2. The Bertz CT molecular complexity index is 756. The molecule has 0 radical (unpaired) electrons. The minimum absolute atomic E-state index is 0.198. The van der Waals surface area contributed by atoms with Gasteiger partial charge in [0.15, 0.2) is 11.5 Å². The highest BCUT2D eigenvalue weighted by atomic mass is 16.5. The summed E-state index contributed by atoms with van der Waals surface area (Å²) in [6.07, 6.45) is 3.64. The van der Waals surface area contributed by atoms with Crippen LogP contribution in [-0.2, 0) is 16.0 Å². The summed E-state index contributed by atoms with van der Waals surface area (Å²) < 4.78 is 16.5. The van der Waals surface area contributed by atoms with Crippen LogP contribution in [0.2, 0.25) is 0 Å². The van der Waals surface area contributed by atoms with Crippen molar-refractivity contribution in [2.75, 3.05) is 33.9 Å². The zero-order valence-electron chi connectivity index (χ0n) is 16.7. The molecule has 0 aliphatic carbocycles. The molecule has 1 aliphatic heterocycles. The normalized spacial score (nSPS) is 15.6. The van der Waals surface area contributed by atoms with Crippen LogP contribution in [0.4, 0.5) is 0 Å². The lowest BCUT2D eigenvalue weighted by Crippen LogP contribution is -2.35.